The van der Waals surface area contributed by atoms with Crippen LogP contribution in [0.5, 0.6) is 0 Å². The van der Waals surface area contributed by atoms with Gasteiger partial charge in [-0.2, -0.15) is 0 Å². The van der Waals surface area contributed by atoms with E-state index < -0.39 is 11.9 Å². The van der Waals surface area contributed by atoms with Crippen molar-refractivity contribution in [1.82, 2.24) is 0 Å². The fourth-order valence-corrected chi connectivity index (χ4v) is 3.75. The predicted molar refractivity (Wildman–Crippen MR) is 112 cm³/mol. The number of carbonyl (C=O) groups excluding carboxylic acids is 3. The Bertz CT molecular complexity index is 679. The zero-order valence-corrected chi connectivity index (χ0v) is 18.7. The van der Waals surface area contributed by atoms with Crippen molar-refractivity contribution in [2.45, 2.75) is 92.3 Å². The first-order valence-electron chi connectivity index (χ1n) is 10.0. The lowest BCUT2D eigenvalue weighted by Crippen LogP contribution is -2.17. The van der Waals surface area contributed by atoms with Gasteiger partial charge >= 0.3 is 11.9 Å². The summed E-state index contributed by atoms with van der Waals surface area (Å²) in [6, 6.07) is 0. The van der Waals surface area contributed by atoms with Crippen LogP contribution in [0.1, 0.15) is 98.7 Å². The Labute approximate surface area is 172 Å². The van der Waals surface area contributed by atoms with Crippen molar-refractivity contribution in [2.75, 3.05) is 5.32 Å². The van der Waals surface area contributed by atoms with Gasteiger partial charge < -0.3 is 14.8 Å². The minimum atomic E-state index is -0.550. The van der Waals surface area contributed by atoms with Gasteiger partial charge in [0.05, 0.1) is 17.8 Å². The molecular formula is C21H33NO5S. The lowest BCUT2D eigenvalue weighted by atomic mass is 10.1. The third-order valence-corrected chi connectivity index (χ3v) is 5.17. The van der Waals surface area contributed by atoms with Crippen molar-refractivity contribution in [3.8, 4) is 0 Å². The Morgan fingerprint density at radius 2 is 1.50 bits per heavy atom. The van der Waals surface area contributed by atoms with Crippen LogP contribution >= 0.6 is 11.3 Å². The highest BCUT2D eigenvalue weighted by Gasteiger charge is 2.28. The summed E-state index contributed by atoms with van der Waals surface area (Å²) >= 11 is 1.06. The van der Waals surface area contributed by atoms with Gasteiger partial charge in [-0.05, 0) is 46.6 Å². The molecule has 0 saturated heterocycles. The van der Waals surface area contributed by atoms with Gasteiger partial charge in [0.2, 0.25) is 5.91 Å². The van der Waals surface area contributed by atoms with Crippen molar-refractivity contribution in [3.05, 3.63) is 16.0 Å². The first-order chi connectivity index (χ1) is 13.2. The van der Waals surface area contributed by atoms with Crippen LogP contribution in [0.2, 0.25) is 0 Å². The summed E-state index contributed by atoms with van der Waals surface area (Å²) in [6.07, 6.45) is 5.02. The second-order valence-electron chi connectivity index (χ2n) is 7.38. The number of ether oxygens (including phenoxy) is 2. The van der Waals surface area contributed by atoms with Crippen molar-refractivity contribution < 1.29 is 23.9 Å². The average molecular weight is 412 g/mol. The molecule has 1 heterocycles. The Kier molecular flexibility index (Phi) is 10.2. The fraction of sp³-hybridized carbons (Fsp3) is 0.667. The van der Waals surface area contributed by atoms with E-state index in [9.17, 15) is 14.4 Å². The zero-order chi connectivity index (χ0) is 21.3. The molecule has 0 saturated carbocycles. The van der Waals surface area contributed by atoms with Crippen LogP contribution < -0.4 is 5.32 Å². The topological polar surface area (TPSA) is 81.7 Å². The maximum atomic E-state index is 12.5. The van der Waals surface area contributed by atoms with Gasteiger partial charge in [-0.3, -0.25) is 4.79 Å². The second-order valence-corrected chi connectivity index (χ2v) is 8.40. The van der Waals surface area contributed by atoms with E-state index >= 15 is 0 Å². The SMILES string of the molecule is CCCCCCCC(=O)Nc1sc(C(=O)OC(C)C)c(C)c1C(=O)OC(C)C. The van der Waals surface area contributed by atoms with Gasteiger partial charge in [0, 0.05) is 6.42 Å². The summed E-state index contributed by atoms with van der Waals surface area (Å²) < 4.78 is 10.6. The van der Waals surface area contributed by atoms with E-state index in [1.807, 2.05) is 0 Å². The molecule has 158 valence electrons. The van der Waals surface area contributed by atoms with E-state index in [0.717, 1.165) is 43.4 Å². The molecule has 0 unspecified atom stereocenters. The molecule has 0 radical (unpaired) electrons. The molecule has 0 aliphatic rings. The summed E-state index contributed by atoms with van der Waals surface area (Å²) in [5, 5.41) is 3.14. The molecule has 1 rings (SSSR count). The summed E-state index contributed by atoms with van der Waals surface area (Å²) in [6.45, 7) is 10.8. The molecule has 1 aromatic heterocycles. The van der Waals surface area contributed by atoms with Gasteiger partial charge in [-0.1, -0.05) is 32.6 Å². The summed E-state index contributed by atoms with van der Waals surface area (Å²) in [4.78, 5) is 37.6. The Morgan fingerprint density at radius 3 is 2.07 bits per heavy atom. The van der Waals surface area contributed by atoms with E-state index in [-0.39, 0.29) is 23.7 Å². The standard InChI is InChI=1S/C21H33NO5S/c1-7-8-9-10-11-12-16(23)22-19-17(20(24)26-13(2)3)15(6)18(28-19)21(25)27-14(4)5/h13-14H,7-12H2,1-6H3,(H,22,23). The highest BCUT2D eigenvalue weighted by atomic mass is 32.1. The van der Waals surface area contributed by atoms with Crippen molar-refractivity contribution in [2.24, 2.45) is 0 Å². The largest absolute Gasteiger partial charge is 0.459 e. The minimum absolute atomic E-state index is 0.167. The van der Waals surface area contributed by atoms with Gasteiger partial charge in [0.25, 0.3) is 0 Å². The summed E-state index contributed by atoms with van der Waals surface area (Å²) in [5.41, 5.74) is 0.702. The number of thiophene rings is 1. The average Bonchev–Trinajstić information content (AvgIpc) is 2.89. The van der Waals surface area contributed by atoms with E-state index in [1.165, 1.54) is 0 Å². The number of anilines is 1. The normalized spacial score (nSPS) is 11.0. The highest BCUT2D eigenvalue weighted by Crippen LogP contribution is 2.35. The Balaban J connectivity index is 2.99. The second kappa shape index (κ2) is 11.8. The number of unbranched alkanes of at least 4 members (excludes halogenated alkanes) is 4. The highest BCUT2D eigenvalue weighted by molar-refractivity contribution is 7.18. The van der Waals surface area contributed by atoms with Crippen LogP contribution in [-0.4, -0.2) is 30.1 Å². The van der Waals surface area contributed by atoms with Gasteiger partial charge in [-0.15, -0.1) is 11.3 Å². The third kappa shape index (κ3) is 7.62. The van der Waals surface area contributed by atoms with Gasteiger partial charge in [0.15, 0.2) is 0 Å². The number of rotatable bonds is 11. The molecule has 6 nitrogen and oxygen atoms in total. The molecule has 0 fully saturated rings. The maximum Gasteiger partial charge on any atom is 0.348 e. The number of amides is 1. The van der Waals surface area contributed by atoms with Crippen LogP contribution in [0.15, 0.2) is 0 Å². The lowest BCUT2D eigenvalue weighted by Gasteiger charge is -2.10. The lowest BCUT2D eigenvalue weighted by molar-refractivity contribution is -0.116. The van der Waals surface area contributed by atoms with Crippen LogP contribution in [0.25, 0.3) is 0 Å². The maximum absolute atomic E-state index is 12.5. The molecular weight excluding hydrogens is 378 g/mol. The number of nitrogens with one attached hydrogen (secondary N) is 1. The molecule has 1 amide bonds. The minimum Gasteiger partial charge on any atom is -0.459 e. The van der Waals surface area contributed by atoms with Crippen molar-refractivity contribution >= 4 is 34.2 Å². The monoisotopic (exact) mass is 411 g/mol. The van der Waals surface area contributed by atoms with Crippen molar-refractivity contribution in [3.63, 3.8) is 0 Å². The molecule has 1 N–H and O–H groups in total. The van der Waals surface area contributed by atoms with Crippen molar-refractivity contribution in [1.29, 1.82) is 0 Å². The molecule has 0 aliphatic carbocycles. The predicted octanol–water partition coefficient (Wildman–Crippen LogP) is 5.49. The smallest absolute Gasteiger partial charge is 0.348 e. The molecule has 0 aromatic carbocycles. The first-order valence-corrected chi connectivity index (χ1v) is 10.8. The molecule has 0 aliphatic heterocycles. The Morgan fingerprint density at radius 1 is 0.929 bits per heavy atom. The number of hydrogen-bond acceptors (Lipinski definition) is 6. The Hall–Kier alpha value is -1.89. The van der Waals surface area contributed by atoms with E-state index in [4.69, 9.17) is 9.47 Å². The molecule has 28 heavy (non-hydrogen) atoms. The van der Waals surface area contributed by atoms with Crippen LogP contribution in [0.4, 0.5) is 5.00 Å². The first kappa shape index (κ1) is 24.1. The van der Waals surface area contributed by atoms with Crippen LogP contribution in [0.3, 0.4) is 0 Å². The number of carbonyl (C=O) groups is 3. The summed E-state index contributed by atoms with van der Waals surface area (Å²) in [5.74, 6) is -1.22. The number of esters is 2. The number of hydrogen-bond donors (Lipinski definition) is 1. The molecule has 0 atom stereocenters. The fourth-order valence-electron chi connectivity index (χ4n) is 2.66. The van der Waals surface area contributed by atoms with Gasteiger partial charge in [0.1, 0.15) is 9.88 Å². The van der Waals surface area contributed by atoms with E-state index in [2.05, 4.69) is 12.2 Å². The molecule has 0 spiro atoms. The van der Waals surface area contributed by atoms with Crippen LogP contribution in [0, 0.1) is 6.92 Å². The molecule has 1 aromatic rings. The molecule has 0 bridgehead atoms. The quantitative estimate of drug-likeness (QED) is 0.385. The van der Waals surface area contributed by atoms with E-state index in [0.29, 0.717) is 21.9 Å². The third-order valence-electron chi connectivity index (χ3n) is 3.98. The molecule has 7 heteroatoms. The van der Waals surface area contributed by atoms with Crippen LogP contribution in [-0.2, 0) is 14.3 Å². The van der Waals surface area contributed by atoms with E-state index in [1.54, 1.807) is 34.6 Å². The van der Waals surface area contributed by atoms with Gasteiger partial charge in [-0.25, -0.2) is 9.59 Å². The zero-order valence-electron chi connectivity index (χ0n) is 17.8. The summed E-state index contributed by atoms with van der Waals surface area (Å²) in [7, 11) is 0.